The number of nitrogens with one attached hydrogen (secondary N) is 1. The average molecular weight is 278 g/mol. The van der Waals surface area contributed by atoms with Gasteiger partial charge in [-0.1, -0.05) is 6.07 Å². The summed E-state index contributed by atoms with van der Waals surface area (Å²) in [5.41, 5.74) is 5.96. The first-order valence-electron chi connectivity index (χ1n) is 5.98. The van der Waals surface area contributed by atoms with E-state index in [0.717, 1.165) is 13.0 Å². The molecule has 1 heterocycles. The van der Waals surface area contributed by atoms with Crippen molar-refractivity contribution in [1.82, 2.24) is 5.32 Å². The minimum atomic E-state index is -0.542. The van der Waals surface area contributed by atoms with E-state index in [4.69, 9.17) is 5.73 Å². The van der Waals surface area contributed by atoms with E-state index in [9.17, 15) is 9.18 Å². The molecule has 0 atom stereocenters. The minimum absolute atomic E-state index is 0.325. The molecular formula is C14H15FN2OS. The van der Waals surface area contributed by atoms with Crippen LogP contribution >= 0.6 is 11.3 Å². The molecule has 0 bridgehead atoms. The van der Waals surface area contributed by atoms with E-state index in [-0.39, 0.29) is 5.82 Å². The molecule has 1 amide bonds. The van der Waals surface area contributed by atoms with Crippen LogP contribution in [0.2, 0.25) is 0 Å². The number of amides is 1. The SMILES string of the molecule is NC(=O)c1ccc(F)c(CNCCc2cccs2)c1. The molecule has 19 heavy (non-hydrogen) atoms. The number of primary amides is 1. The number of halogens is 1. The van der Waals surface area contributed by atoms with E-state index < -0.39 is 5.91 Å². The fraction of sp³-hybridized carbons (Fsp3) is 0.214. The lowest BCUT2D eigenvalue weighted by atomic mass is 10.1. The normalized spacial score (nSPS) is 10.6. The zero-order chi connectivity index (χ0) is 13.7. The molecule has 100 valence electrons. The molecule has 0 spiro atoms. The maximum atomic E-state index is 13.5. The lowest BCUT2D eigenvalue weighted by Crippen LogP contribution is -2.18. The van der Waals surface area contributed by atoms with Crippen LogP contribution in [0.3, 0.4) is 0 Å². The van der Waals surface area contributed by atoms with Crippen molar-refractivity contribution in [3.8, 4) is 0 Å². The Hall–Kier alpha value is -1.72. The number of hydrogen-bond acceptors (Lipinski definition) is 3. The lowest BCUT2D eigenvalue weighted by Gasteiger charge is -2.06. The van der Waals surface area contributed by atoms with Crippen molar-refractivity contribution >= 4 is 17.2 Å². The molecule has 0 aliphatic rings. The van der Waals surface area contributed by atoms with Crippen LogP contribution in [0.25, 0.3) is 0 Å². The van der Waals surface area contributed by atoms with Crippen LogP contribution in [0.15, 0.2) is 35.7 Å². The zero-order valence-electron chi connectivity index (χ0n) is 10.4. The highest BCUT2D eigenvalue weighted by molar-refractivity contribution is 7.09. The second-order valence-corrected chi connectivity index (χ2v) is 5.21. The lowest BCUT2D eigenvalue weighted by molar-refractivity contribution is 0.1000. The van der Waals surface area contributed by atoms with Crippen molar-refractivity contribution < 1.29 is 9.18 Å². The quantitative estimate of drug-likeness (QED) is 0.797. The summed E-state index contributed by atoms with van der Waals surface area (Å²) in [6.07, 6.45) is 0.912. The number of rotatable bonds is 6. The summed E-state index contributed by atoms with van der Waals surface area (Å²) in [6.45, 7) is 1.15. The van der Waals surface area contributed by atoms with Gasteiger partial charge >= 0.3 is 0 Å². The molecule has 0 aliphatic heterocycles. The van der Waals surface area contributed by atoms with Gasteiger partial charge in [-0.2, -0.15) is 0 Å². The summed E-state index contributed by atoms with van der Waals surface area (Å²) in [4.78, 5) is 12.3. The van der Waals surface area contributed by atoms with Crippen molar-refractivity contribution in [1.29, 1.82) is 0 Å². The van der Waals surface area contributed by atoms with E-state index in [1.165, 1.54) is 23.1 Å². The van der Waals surface area contributed by atoms with E-state index in [0.29, 0.717) is 17.7 Å². The molecule has 2 aromatic rings. The van der Waals surface area contributed by atoms with Gasteiger partial charge in [0.15, 0.2) is 0 Å². The minimum Gasteiger partial charge on any atom is -0.366 e. The van der Waals surface area contributed by atoms with E-state index >= 15 is 0 Å². The summed E-state index contributed by atoms with van der Waals surface area (Å²) in [5.74, 6) is -0.867. The molecule has 3 nitrogen and oxygen atoms in total. The van der Waals surface area contributed by atoms with Crippen molar-refractivity contribution in [3.05, 3.63) is 57.5 Å². The number of carbonyl (C=O) groups is 1. The van der Waals surface area contributed by atoms with Crippen molar-refractivity contribution in [2.24, 2.45) is 5.73 Å². The van der Waals surface area contributed by atoms with Gasteiger partial charge in [-0.05, 0) is 36.1 Å². The van der Waals surface area contributed by atoms with Crippen LogP contribution in [-0.2, 0) is 13.0 Å². The fourth-order valence-corrected chi connectivity index (χ4v) is 2.46. The predicted molar refractivity (Wildman–Crippen MR) is 74.6 cm³/mol. The Bertz CT molecular complexity index is 555. The predicted octanol–water partition coefficient (Wildman–Crippen LogP) is 2.32. The van der Waals surface area contributed by atoms with Crippen LogP contribution in [0.4, 0.5) is 4.39 Å². The van der Waals surface area contributed by atoms with Gasteiger partial charge in [-0.25, -0.2) is 4.39 Å². The molecule has 0 unspecified atom stereocenters. The number of carbonyl (C=O) groups excluding carboxylic acids is 1. The summed E-state index contributed by atoms with van der Waals surface area (Å²) >= 11 is 1.70. The third-order valence-electron chi connectivity index (χ3n) is 2.77. The first kappa shape index (κ1) is 13.7. The highest BCUT2D eigenvalue weighted by atomic mass is 32.1. The molecule has 2 rings (SSSR count). The van der Waals surface area contributed by atoms with Crippen LogP contribution < -0.4 is 11.1 Å². The first-order valence-corrected chi connectivity index (χ1v) is 6.86. The smallest absolute Gasteiger partial charge is 0.248 e. The van der Waals surface area contributed by atoms with Crippen LogP contribution in [-0.4, -0.2) is 12.5 Å². The van der Waals surface area contributed by atoms with Gasteiger partial charge in [-0.15, -0.1) is 11.3 Å². The highest BCUT2D eigenvalue weighted by Crippen LogP contribution is 2.11. The number of nitrogens with two attached hydrogens (primary N) is 1. The number of hydrogen-bond donors (Lipinski definition) is 2. The molecule has 0 saturated heterocycles. The molecule has 3 N–H and O–H groups in total. The Morgan fingerprint density at radius 3 is 2.89 bits per heavy atom. The van der Waals surface area contributed by atoms with E-state index in [2.05, 4.69) is 11.4 Å². The standard InChI is InChI=1S/C14H15FN2OS/c15-13-4-3-10(14(16)18)8-11(13)9-17-6-5-12-2-1-7-19-12/h1-4,7-8,17H,5-6,9H2,(H2,16,18). The monoisotopic (exact) mass is 278 g/mol. The second kappa shape index (κ2) is 6.45. The maximum absolute atomic E-state index is 13.5. The summed E-state index contributed by atoms with van der Waals surface area (Å²) < 4.78 is 13.5. The summed E-state index contributed by atoms with van der Waals surface area (Å²) in [5, 5.41) is 5.19. The Morgan fingerprint density at radius 1 is 1.37 bits per heavy atom. The highest BCUT2D eigenvalue weighted by Gasteiger charge is 2.06. The molecule has 0 saturated carbocycles. The molecule has 1 aromatic carbocycles. The van der Waals surface area contributed by atoms with Crippen LogP contribution in [0.1, 0.15) is 20.8 Å². The Balaban J connectivity index is 1.88. The fourth-order valence-electron chi connectivity index (χ4n) is 1.75. The third kappa shape index (κ3) is 3.87. The number of benzene rings is 1. The Labute approximate surface area is 115 Å². The van der Waals surface area contributed by atoms with Crippen molar-refractivity contribution in [2.45, 2.75) is 13.0 Å². The van der Waals surface area contributed by atoms with Gasteiger partial charge in [0.1, 0.15) is 5.82 Å². The Morgan fingerprint density at radius 2 is 2.21 bits per heavy atom. The van der Waals surface area contributed by atoms with Gasteiger partial charge < -0.3 is 11.1 Å². The Kier molecular flexibility index (Phi) is 4.65. The maximum Gasteiger partial charge on any atom is 0.248 e. The second-order valence-electron chi connectivity index (χ2n) is 4.18. The van der Waals surface area contributed by atoms with Gasteiger partial charge in [0, 0.05) is 29.1 Å². The topological polar surface area (TPSA) is 55.1 Å². The first-order chi connectivity index (χ1) is 9.16. The number of thiophene rings is 1. The molecule has 0 aliphatic carbocycles. The average Bonchev–Trinajstić information content (AvgIpc) is 2.89. The molecular weight excluding hydrogens is 263 g/mol. The van der Waals surface area contributed by atoms with Crippen molar-refractivity contribution in [3.63, 3.8) is 0 Å². The summed E-state index contributed by atoms with van der Waals surface area (Å²) in [6, 6.07) is 8.25. The van der Waals surface area contributed by atoms with Crippen LogP contribution in [0.5, 0.6) is 0 Å². The van der Waals surface area contributed by atoms with Gasteiger partial charge in [0.25, 0.3) is 0 Å². The van der Waals surface area contributed by atoms with Gasteiger partial charge in [0.2, 0.25) is 5.91 Å². The largest absolute Gasteiger partial charge is 0.366 e. The zero-order valence-corrected chi connectivity index (χ0v) is 11.2. The third-order valence-corrected chi connectivity index (χ3v) is 3.71. The van der Waals surface area contributed by atoms with E-state index in [1.807, 2.05) is 11.4 Å². The van der Waals surface area contributed by atoms with Gasteiger partial charge in [-0.3, -0.25) is 4.79 Å². The molecule has 0 fully saturated rings. The van der Waals surface area contributed by atoms with Gasteiger partial charge in [0.05, 0.1) is 0 Å². The molecule has 1 aromatic heterocycles. The van der Waals surface area contributed by atoms with E-state index in [1.54, 1.807) is 11.3 Å². The summed E-state index contributed by atoms with van der Waals surface area (Å²) in [7, 11) is 0. The van der Waals surface area contributed by atoms with Crippen molar-refractivity contribution in [2.75, 3.05) is 6.54 Å². The molecule has 0 radical (unpaired) electrons. The molecule has 5 heteroatoms. The van der Waals surface area contributed by atoms with Crippen LogP contribution in [0, 0.1) is 5.82 Å².